The maximum absolute atomic E-state index is 4.81. The van der Waals surface area contributed by atoms with E-state index in [-0.39, 0.29) is 0 Å². The molecule has 0 atom stereocenters. The van der Waals surface area contributed by atoms with Gasteiger partial charge in [0.25, 0.3) is 0 Å². The molecule has 0 saturated heterocycles. The second-order valence-corrected chi connectivity index (χ2v) is 4.98. The molecular formula is C14H24N4. The molecule has 1 heterocycles. The Morgan fingerprint density at radius 3 is 2.50 bits per heavy atom. The topological polar surface area (TPSA) is 41.1 Å². The van der Waals surface area contributed by atoms with Gasteiger partial charge in [0.15, 0.2) is 0 Å². The van der Waals surface area contributed by atoms with Crippen LogP contribution in [-0.4, -0.2) is 30.1 Å². The summed E-state index contributed by atoms with van der Waals surface area (Å²) in [5.41, 5.74) is 1.16. The largest absolute Gasteiger partial charge is 0.373 e. The van der Waals surface area contributed by atoms with Crippen LogP contribution in [0.3, 0.4) is 0 Å². The van der Waals surface area contributed by atoms with E-state index in [4.69, 9.17) is 4.98 Å². The third-order valence-corrected chi connectivity index (χ3v) is 3.49. The molecule has 0 unspecified atom stereocenters. The third-order valence-electron chi connectivity index (χ3n) is 3.49. The predicted molar refractivity (Wildman–Crippen MR) is 76.5 cm³/mol. The first kappa shape index (κ1) is 13.1. The summed E-state index contributed by atoms with van der Waals surface area (Å²) >= 11 is 0. The number of aromatic nitrogens is 2. The van der Waals surface area contributed by atoms with Gasteiger partial charge in [0.05, 0.1) is 0 Å². The highest BCUT2D eigenvalue weighted by atomic mass is 15.2. The van der Waals surface area contributed by atoms with Crippen molar-refractivity contribution in [1.82, 2.24) is 9.97 Å². The van der Waals surface area contributed by atoms with Crippen LogP contribution in [0.15, 0.2) is 0 Å². The zero-order chi connectivity index (χ0) is 13.1. The molecule has 0 aliphatic heterocycles. The van der Waals surface area contributed by atoms with Gasteiger partial charge in [-0.05, 0) is 33.1 Å². The van der Waals surface area contributed by atoms with Gasteiger partial charge in [0.1, 0.15) is 17.5 Å². The molecule has 0 bridgehead atoms. The second kappa shape index (κ2) is 5.55. The zero-order valence-electron chi connectivity index (χ0n) is 12.0. The predicted octanol–water partition coefficient (Wildman–Crippen LogP) is 2.94. The fourth-order valence-corrected chi connectivity index (χ4v) is 2.28. The van der Waals surface area contributed by atoms with E-state index >= 15 is 0 Å². The number of nitrogens with one attached hydrogen (secondary N) is 1. The molecule has 1 N–H and O–H groups in total. The van der Waals surface area contributed by atoms with E-state index in [1.165, 1.54) is 12.8 Å². The zero-order valence-corrected chi connectivity index (χ0v) is 12.0. The van der Waals surface area contributed by atoms with E-state index in [0.29, 0.717) is 5.92 Å². The van der Waals surface area contributed by atoms with E-state index in [2.05, 4.69) is 36.0 Å². The van der Waals surface area contributed by atoms with Crippen LogP contribution in [0.2, 0.25) is 0 Å². The lowest BCUT2D eigenvalue weighted by atomic mass is 10.2. The first-order valence-corrected chi connectivity index (χ1v) is 7.02. The normalized spacial score (nSPS) is 14.7. The van der Waals surface area contributed by atoms with Crippen LogP contribution < -0.4 is 10.2 Å². The van der Waals surface area contributed by atoms with Crippen LogP contribution in [0.4, 0.5) is 11.6 Å². The Morgan fingerprint density at radius 1 is 1.28 bits per heavy atom. The molecule has 0 spiro atoms. The van der Waals surface area contributed by atoms with Gasteiger partial charge in [-0.15, -0.1) is 0 Å². The Hall–Kier alpha value is -1.32. The maximum atomic E-state index is 4.81. The summed E-state index contributed by atoms with van der Waals surface area (Å²) in [4.78, 5) is 11.8. The highest BCUT2D eigenvalue weighted by Crippen LogP contribution is 2.40. The Morgan fingerprint density at radius 2 is 2.00 bits per heavy atom. The highest BCUT2D eigenvalue weighted by molar-refractivity contribution is 5.58. The van der Waals surface area contributed by atoms with Gasteiger partial charge in [-0.1, -0.05) is 6.92 Å². The van der Waals surface area contributed by atoms with Gasteiger partial charge in [-0.3, -0.25) is 0 Å². The molecule has 1 saturated carbocycles. The lowest BCUT2D eigenvalue weighted by Crippen LogP contribution is -2.26. The van der Waals surface area contributed by atoms with Crippen molar-refractivity contribution in [2.75, 3.05) is 30.4 Å². The van der Waals surface area contributed by atoms with Gasteiger partial charge < -0.3 is 10.2 Å². The first-order valence-electron chi connectivity index (χ1n) is 7.02. The van der Waals surface area contributed by atoms with Crippen molar-refractivity contribution < 1.29 is 0 Å². The first-order chi connectivity index (χ1) is 8.71. The quantitative estimate of drug-likeness (QED) is 0.840. The molecule has 1 aromatic heterocycles. The van der Waals surface area contributed by atoms with E-state index in [1.807, 2.05) is 7.05 Å². The van der Waals surface area contributed by atoms with Gasteiger partial charge in [0, 0.05) is 31.6 Å². The molecule has 2 rings (SSSR count). The van der Waals surface area contributed by atoms with Crippen LogP contribution in [-0.2, 0) is 0 Å². The van der Waals surface area contributed by atoms with Crippen molar-refractivity contribution in [3.05, 3.63) is 11.4 Å². The van der Waals surface area contributed by atoms with E-state index in [9.17, 15) is 0 Å². The lowest BCUT2D eigenvalue weighted by molar-refractivity contribution is 0.763. The molecule has 1 aromatic rings. The fraction of sp³-hybridized carbons (Fsp3) is 0.714. The Balaban J connectivity index is 2.39. The van der Waals surface area contributed by atoms with Crippen molar-refractivity contribution >= 4 is 11.6 Å². The van der Waals surface area contributed by atoms with Crippen LogP contribution in [0.5, 0.6) is 0 Å². The summed E-state index contributed by atoms with van der Waals surface area (Å²) in [5.74, 6) is 3.71. The monoisotopic (exact) mass is 248 g/mol. The van der Waals surface area contributed by atoms with Crippen LogP contribution in [0.1, 0.15) is 50.4 Å². The standard InChI is InChI=1S/C14H24N4/c1-5-9-18(6-2)14-10(3)12(15-4)16-13(17-14)11-7-8-11/h11H,5-9H2,1-4H3,(H,15,16,17). The van der Waals surface area contributed by atoms with Crippen LogP contribution in [0.25, 0.3) is 0 Å². The number of hydrogen-bond acceptors (Lipinski definition) is 4. The summed E-state index contributed by atoms with van der Waals surface area (Å²) in [6, 6.07) is 0. The summed E-state index contributed by atoms with van der Waals surface area (Å²) in [6.07, 6.45) is 3.63. The number of nitrogens with zero attached hydrogens (tertiary/aromatic N) is 3. The minimum atomic E-state index is 0.594. The minimum absolute atomic E-state index is 0.594. The Bertz CT molecular complexity index is 413. The van der Waals surface area contributed by atoms with Crippen LogP contribution >= 0.6 is 0 Å². The smallest absolute Gasteiger partial charge is 0.137 e. The number of anilines is 2. The van der Waals surface area contributed by atoms with Crippen molar-refractivity contribution in [3.8, 4) is 0 Å². The fourth-order valence-electron chi connectivity index (χ4n) is 2.28. The summed E-state index contributed by atoms with van der Waals surface area (Å²) < 4.78 is 0. The Labute approximate surface area is 110 Å². The van der Waals surface area contributed by atoms with Gasteiger partial charge >= 0.3 is 0 Å². The van der Waals surface area contributed by atoms with Crippen molar-refractivity contribution in [1.29, 1.82) is 0 Å². The highest BCUT2D eigenvalue weighted by Gasteiger charge is 2.28. The van der Waals surface area contributed by atoms with E-state index in [1.54, 1.807) is 0 Å². The number of rotatable bonds is 6. The molecule has 1 fully saturated rings. The SMILES string of the molecule is CCCN(CC)c1nc(C2CC2)nc(NC)c1C. The molecule has 1 aliphatic carbocycles. The average molecular weight is 248 g/mol. The molecule has 18 heavy (non-hydrogen) atoms. The van der Waals surface area contributed by atoms with Crippen molar-refractivity contribution in [2.45, 2.75) is 46.0 Å². The second-order valence-electron chi connectivity index (χ2n) is 4.98. The minimum Gasteiger partial charge on any atom is -0.373 e. The van der Waals surface area contributed by atoms with Crippen molar-refractivity contribution in [3.63, 3.8) is 0 Å². The number of hydrogen-bond donors (Lipinski definition) is 1. The van der Waals surface area contributed by atoms with Crippen LogP contribution in [0, 0.1) is 6.92 Å². The Kier molecular flexibility index (Phi) is 4.04. The molecular weight excluding hydrogens is 224 g/mol. The summed E-state index contributed by atoms with van der Waals surface area (Å²) in [6.45, 7) is 8.56. The molecule has 0 radical (unpaired) electrons. The lowest BCUT2D eigenvalue weighted by Gasteiger charge is -2.24. The van der Waals surface area contributed by atoms with Gasteiger partial charge in [-0.2, -0.15) is 0 Å². The summed E-state index contributed by atoms with van der Waals surface area (Å²) in [5, 5.41) is 3.20. The molecule has 4 nitrogen and oxygen atoms in total. The third kappa shape index (κ3) is 2.57. The van der Waals surface area contributed by atoms with Gasteiger partial charge in [0.2, 0.25) is 0 Å². The molecule has 4 heteroatoms. The van der Waals surface area contributed by atoms with E-state index in [0.717, 1.165) is 42.5 Å². The van der Waals surface area contributed by atoms with Gasteiger partial charge in [-0.25, -0.2) is 9.97 Å². The molecule has 0 amide bonds. The molecule has 0 aromatic carbocycles. The maximum Gasteiger partial charge on any atom is 0.137 e. The summed E-state index contributed by atoms with van der Waals surface area (Å²) in [7, 11) is 1.94. The molecule has 100 valence electrons. The van der Waals surface area contributed by atoms with Crippen molar-refractivity contribution in [2.24, 2.45) is 0 Å². The molecule has 1 aliphatic rings. The van der Waals surface area contributed by atoms with E-state index < -0.39 is 0 Å². The average Bonchev–Trinajstić information content (AvgIpc) is 3.21.